The van der Waals surface area contributed by atoms with Gasteiger partial charge in [-0.3, -0.25) is 9.59 Å². The maximum absolute atomic E-state index is 12.0. The van der Waals surface area contributed by atoms with Crippen molar-refractivity contribution in [3.8, 4) is 5.75 Å². The molecule has 0 unspecified atom stereocenters. The predicted molar refractivity (Wildman–Crippen MR) is 124 cm³/mol. The second-order valence-corrected chi connectivity index (χ2v) is 7.08. The Kier molecular flexibility index (Phi) is 9.35. The summed E-state index contributed by atoms with van der Waals surface area (Å²) in [7, 11) is 3.47. The predicted octanol–water partition coefficient (Wildman–Crippen LogP) is 2.48. The van der Waals surface area contributed by atoms with Gasteiger partial charge in [-0.25, -0.2) is 4.99 Å². The molecule has 2 aromatic rings. The third kappa shape index (κ3) is 8.38. The number of aliphatic imine (C=N–C) groups is 1. The Balaban J connectivity index is 1.85. The van der Waals surface area contributed by atoms with Crippen molar-refractivity contribution in [1.29, 1.82) is 0 Å². The number of carbonyl (C=O) groups excluding carboxylic acids is 2. The molecule has 0 radical (unpaired) electrons. The van der Waals surface area contributed by atoms with E-state index in [-0.39, 0.29) is 11.8 Å². The monoisotopic (exact) mass is 425 g/mol. The Labute approximate surface area is 183 Å². The average molecular weight is 426 g/mol. The van der Waals surface area contributed by atoms with Crippen molar-refractivity contribution in [2.24, 2.45) is 4.99 Å². The van der Waals surface area contributed by atoms with E-state index in [1.54, 1.807) is 25.1 Å². The van der Waals surface area contributed by atoms with Crippen LogP contribution in [0.1, 0.15) is 29.8 Å². The van der Waals surface area contributed by atoms with Crippen LogP contribution in [0.5, 0.6) is 5.75 Å². The number of hydrogen-bond donors (Lipinski definition) is 3. The summed E-state index contributed by atoms with van der Waals surface area (Å²) in [6, 6.07) is 14.7. The summed E-state index contributed by atoms with van der Waals surface area (Å²) in [5.74, 6) is 1.23. The molecule has 0 aromatic heterocycles. The number of amides is 2. The third-order valence-corrected chi connectivity index (χ3v) is 4.19. The number of nitrogens with one attached hydrogen (secondary N) is 3. The molecule has 8 nitrogen and oxygen atoms in total. The zero-order chi connectivity index (χ0) is 22.6. The maximum Gasteiger partial charge on any atom is 0.253 e. The fourth-order valence-corrected chi connectivity index (χ4v) is 2.73. The fourth-order valence-electron chi connectivity index (χ4n) is 2.73. The van der Waals surface area contributed by atoms with Crippen LogP contribution in [0.25, 0.3) is 0 Å². The Bertz CT molecular complexity index is 894. The highest BCUT2D eigenvalue weighted by atomic mass is 16.5. The van der Waals surface area contributed by atoms with Crippen molar-refractivity contribution in [2.75, 3.05) is 39.1 Å². The summed E-state index contributed by atoms with van der Waals surface area (Å²) in [6.45, 7) is 5.70. The molecule has 8 heteroatoms. The second kappa shape index (κ2) is 12.2. The van der Waals surface area contributed by atoms with E-state index in [1.165, 1.54) is 6.92 Å². The SMILES string of the molecule is CCNC(=NCc1ccc(C(=O)N(C)C)cc1)NCCOc1cccc(NC(C)=O)c1. The first kappa shape index (κ1) is 23.7. The van der Waals surface area contributed by atoms with Gasteiger partial charge in [-0.1, -0.05) is 18.2 Å². The van der Waals surface area contributed by atoms with Gasteiger partial charge in [-0.2, -0.15) is 0 Å². The number of guanidine groups is 1. The van der Waals surface area contributed by atoms with Crippen LogP contribution in [-0.4, -0.2) is 56.5 Å². The van der Waals surface area contributed by atoms with E-state index in [4.69, 9.17) is 4.74 Å². The van der Waals surface area contributed by atoms with Crippen LogP contribution in [0.4, 0.5) is 5.69 Å². The molecule has 2 aromatic carbocycles. The molecule has 0 atom stereocenters. The highest BCUT2D eigenvalue weighted by molar-refractivity contribution is 5.93. The van der Waals surface area contributed by atoms with Gasteiger partial charge in [0.25, 0.3) is 5.91 Å². The molecule has 0 aliphatic heterocycles. The first-order valence-electron chi connectivity index (χ1n) is 10.2. The van der Waals surface area contributed by atoms with Gasteiger partial charge in [-0.05, 0) is 36.8 Å². The lowest BCUT2D eigenvalue weighted by Crippen LogP contribution is -2.39. The Hall–Kier alpha value is -3.55. The van der Waals surface area contributed by atoms with E-state index < -0.39 is 0 Å². The van der Waals surface area contributed by atoms with Crippen molar-refractivity contribution in [3.05, 3.63) is 59.7 Å². The van der Waals surface area contributed by atoms with E-state index in [9.17, 15) is 9.59 Å². The van der Waals surface area contributed by atoms with Crippen LogP contribution in [0.2, 0.25) is 0 Å². The number of ether oxygens (including phenoxy) is 1. The van der Waals surface area contributed by atoms with Gasteiger partial charge in [0.2, 0.25) is 5.91 Å². The topological polar surface area (TPSA) is 95.1 Å². The molecule has 2 rings (SSSR count). The van der Waals surface area contributed by atoms with Crippen molar-refractivity contribution in [3.63, 3.8) is 0 Å². The van der Waals surface area contributed by atoms with Crippen LogP contribution in [-0.2, 0) is 11.3 Å². The van der Waals surface area contributed by atoms with Crippen LogP contribution < -0.4 is 20.7 Å². The van der Waals surface area contributed by atoms with Crippen LogP contribution in [0.3, 0.4) is 0 Å². The van der Waals surface area contributed by atoms with E-state index in [2.05, 4.69) is 20.9 Å². The fraction of sp³-hybridized carbons (Fsp3) is 0.348. The molecular weight excluding hydrogens is 394 g/mol. The van der Waals surface area contributed by atoms with Crippen molar-refractivity contribution < 1.29 is 14.3 Å². The molecule has 0 aliphatic rings. The van der Waals surface area contributed by atoms with Crippen LogP contribution >= 0.6 is 0 Å². The minimum absolute atomic E-state index is 0.0207. The first-order valence-corrected chi connectivity index (χ1v) is 10.2. The van der Waals surface area contributed by atoms with Crippen LogP contribution in [0.15, 0.2) is 53.5 Å². The third-order valence-electron chi connectivity index (χ3n) is 4.19. The standard InChI is InChI=1S/C23H31N5O3/c1-5-24-23(26-16-18-9-11-19(12-10-18)22(30)28(3)4)25-13-14-31-21-8-6-7-20(15-21)27-17(2)29/h6-12,15H,5,13-14,16H2,1-4H3,(H,27,29)(H2,24,25,26). The molecule has 0 aliphatic carbocycles. The smallest absolute Gasteiger partial charge is 0.253 e. The number of hydrogen-bond acceptors (Lipinski definition) is 4. The average Bonchev–Trinajstić information content (AvgIpc) is 2.74. The summed E-state index contributed by atoms with van der Waals surface area (Å²) in [6.07, 6.45) is 0. The molecule has 0 bridgehead atoms. The van der Waals surface area contributed by atoms with Gasteiger partial charge in [0.15, 0.2) is 5.96 Å². The minimum atomic E-state index is -0.121. The Morgan fingerprint density at radius 3 is 2.45 bits per heavy atom. The highest BCUT2D eigenvalue weighted by Crippen LogP contribution is 2.17. The molecule has 0 spiro atoms. The lowest BCUT2D eigenvalue weighted by molar-refractivity contribution is -0.114. The molecular formula is C23H31N5O3. The zero-order valence-corrected chi connectivity index (χ0v) is 18.6. The van der Waals surface area contributed by atoms with Gasteiger partial charge >= 0.3 is 0 Å². The molecule has 0 heterocycles. The highest BCUT2D eigenvalue weighted by Gasteiger charge is 2.07. The summed E-state index contributed by atoms with van der Waals surface area (Å²) >= 11 is 0. The zero-order valence-electron chi connectivity index (χ0n) is 18.6. The van der Waals surface area contributed by atoms with Gasteiger partial charge in [0.1, 0.15) is 12.4 Å². The molecule has 0 saturated heterocycles. The number of carbonyl (C=O) groups is 2. The number of nitrogens with zero attached hydrogens (tertiary/aromatic N) is 2. The Morgan fingerprint density at radius 1 is 1.06 bits per heavy atom. The van der Waals surface area contributed by atoms with Crippen LogP contribution in [0, 0.1) is 0 Å². The van der Waals surface area contributed by atoms with Crippen molar-refractivity contribution in [2.45, 2.75) is 20.4 Å². The largest absolute Gasteiger partial charge is 0.492 e. The Morgan fingerprint density at radius 2 is 1.81 bits per heavy atom. The van der Waals surface area contributed by atoms with E-state index in [0.29, 0.717) is 42.7 Å². The normalized spacial score (nSPS) is 10.9. The lowest BCUT2D eigenvalue weighted by Gasteiger charge is -2.13. The number of benzene rings is 2. The molecule has 31 heavy (non-hydrogen) atoms. The summed E-state index contributed by atoms with van der Waals surface area (Å²) in [4.78, 5) is 29.3. The number of rotatable bonds is 9. The van der Waals surface area contributed by atoms with Gasteiger partial charge < -0.3 is 25.6 Å². The van der Waals surface area contributed by atoms with Crippen molar-refractivity contribution in [1.82, 2.24) is 15.5 Å². The van der Waals surface area contributed by atoms with Gasteiger partial charge in [-0.15, -0.1) is 0 Å². The summed E-state index contributed by atoms with van der Waals surface area (Å²) < 4.78 is 5.74. The van der Waals surface area contributed by atoms with E-state index >= 15 is 0 Å². The quantitative estimate of drug-likeness (QED) is 0.326. The lowest BCUT2D eigenvalue weighted by atomic mass is 10.1. The first-order chi connectivity index (χ1) is 14.9. The molecule has 3 N–H and O–H groups in total. The van der Waals surface area contributed by atoms with E-state index in [0.717, 1.165) is 12.1 Å². The molecule has 166 valence electrons. The molecule has 0 fully saturated rings. The van der Waals surface area contributed by atoms with Crippen molar-refractivity contribution >= 4 is 23.5 Å². The maximum atomic E-state index is 12.0. The number of anilines is 1. The summed E-state index contributed by atoms with van der Waals surface area (Å²) in [5, 5.41) is 9.17. The van der Waals surface area contributed by atoms with Gasteiger partial charge in [0, 0.05) is 44.9 Å². The molecule has 0 saturated carbocycles. The summed E-state index contributed by atoms with van der Waals surface area (Å²) in [5.41, 5.74) is 2.37. The van der Waals surface area contributed by atoms with Gasteiger partial charge in [0.05, 0.1) is 13.1 Å². The second-order valence-electron chi connectivity index (χ2n) is 7.08. The van der Waals surface area contributed by atoms with E-state index in [1.807, 2.05) is 49.4 Å². The molecule has 2 amide bonds. The minimum Gasteiger partial charge on any atom is -0.492 e.